The molecular weight excluding hydrogens is 160 g/mol. The van der Waals surface area contributed by atoms with Crippen molar-refractivity contribution in [2.45, 2.75) is 13.1 Å². The number of fused-ring (bicyclic) bond motifs is 3. The zero-order valence-corrected chi connectivity index (χ0v) is 7.25. The van der Waals surface area contributed by atoms with Crippen molar-refractivity contribution in [2.75, 3.05) is 0 Å². The van der Waals surface area contributed by atoms with Crippen LogP contribution in [0, 0.1) is 0 Å². The second-order valence-corrected chi connectivity index (χ2v) is 3.38. The molecule has 0 atom stereocenters. The van der Waals surface area contributed by atoms with E-state index in [1.165, 1.54) is 16.5 Å². The summed E-state index contributed by atoms with van der Waals surface area (Å²) in [4.78, 5) is 4.41. The molecule has 2 aromatic rings. The van der Waals surface area contributed by atoms with Gasteiger partial charge in [0, 0.05) is 24.7 Å². The molecule has 3 rings (SSSR count). The fourth-order valence-electron chi connectivity index (χ4n) is 1.92. The lowest BCUT2D eigenvalue weighted by molar-refractivity contribution is 0.765. The Morgan fingerprint density at radius 3 is 3.08 bits per heavy atom. The Morgan fingerprint density at radius 2 is 2.08 bits per heavy atom. The number of nitrogens with one attached hydrogen (secondary N) is 1. The van der Waals surface area contributed by atoms with Crippen LogP contribution in [0.2, 0.25) is 0 Å². The second-order valence-electron chi connectivity index (χ2n) is 3.38. The fourth-order valence-corrected chi connectivity index (χ4v) is 1.92. The van der Waals surface area contributed by atoms with E-state index in [1.807, 2.05) is 12.3 Å². The molecule has 13 heavy (non-hydrogen) atoms. The Kier molecular flexibility index (Phi) is 1.37. The Labute approximate surface area is 76.6 Å². The quantitative estimate of drug-likeness (QED) is 0.652. The number of nitrogens with zero attached hydrogens (tertiary/aromatic N) is 1. The van der Waals surface area contributed by atoms with Crippen LogP contribution in [0.1, 0.15) is 11.1 Å². The Bertz CT molecular complexity index is 463. The summed E-state index contributed by atoms with van der Waals surface area (Å²) < 4.78 is 0. The molecule has 0 aliphatic carbocycles. The first-order valence-electron chi connectivity index (χ1n) is 4.51. The summed E-state index contributed by atoms with van der Waals surface area (Å²) in [6.45, 7) is 1.95. The van der Waals surface area contributed by atoms with Crippen molar-refractivity contribution in [2.24, 2.45) is 0 Å². The molecule has 1 aromatic heterocycles. The Morgan fingerprint density at radius 1 is 1.15 bits per heavy atom. The van der Waals surface area contributed by atoms with Gasteiger partial charge in [0.1, 0.15) is 0 Å². The van der Waals surface area contributed by atoms with E-state index >= 15 is 0 Å². The predicted molar refractivity (Wildman–Crippen MR) is 52.3 cm³/mol. The van der Waals surface area contributed by atoms with Crippen LogP contribution in [-0.4, -0.2) is 4.98 Å². The number of hydrogen-bond donors (Lipinski definition) is 1. The summed E-state index contributed by atoms with van der Waals surface area (Å²) in [5.41, 5.74) is 3.87. The molecule has 2 heteroatoms. The molecule has 1 N–H and O–H groups in total. The molecule has 2 nitrogen and oxygen atoms in total. The van der Waals surface area contributed by atoms with Crippen molar-refractivity contribution in [3.8, 4) is 0 Å². The molecule has 64 valence electrons. The third-order valence-electron chi connectivity index (χ3n) is 2.59. The van der Waals surface area contributed by atoms with Gasteiger partial charge in [0.05, 0.1) is 5.52 Å². The lowest BCUT2D eigenvalue weighted by atomic mass is 10.1. The second kappa shape index (κ2) is 2.54. The van der Waals surface area contributed by atoms with Gasteiger partial charge >= 0.3 is 0 Å². The topological polar surface area (TPSA) is 24.9 Å². The molecule has 0 unspecified atom stereocenters. The van der Waals surface area contributed by atoms with Gasteiger partial charge in [-0.25, -0.2) is 0 Å². The summed E-state index contributed by atoms with van der Waals surface area (Å²) in [5, 5.41) is 4.64. The molecular formula is C11H10N2. The van der Waals surface area contributed by atoms with Crippen molar-refractivity contribution >= 4 is 10.9 Å². The monoisotopic (exact) mass is 170 g/mol. The van der Waals surface area contributed by atoms with Gasteiger partial charge in [-0.2, -0.15) is 0 Å². The zero-order valence-electron chi connectivity index (χ0n) is 7.25. The van der Waals surface area contributed by atoms with Crippen LogP contribution in [-0.2, 0) is 13.1 Å². The van der Waals surface area contributed by atoms with Gasteiger partial charge in [-0.15, -0.1) is 0 Å². The summed E-state index contributed by atoms with van der Waals surface area (Å²) in [5.74, 6) is 0. The summed E-state index contributed by atoms with van der Waals surface area (Å²) >= 11 is 0. The van der Waals surface area contributed by atoms with Crippen molar-refractivity contribution in [3.63, 3.8) is 0 Å². The van der Waals surface area contributed by atoms with Gasteiger partial charge in [0.25, 0.3) is 0 Å². The number of benzene rings is 1. The largest absolute Gasteiger partial charge is 0.309 e. The average molecular weight is 170 g/mol. The normalized spacial score (nSPS) is 14.8. The number of para-hydroxylation sites is 1. The van der Waals surface area contributed by atoms with Crippen molar-refractivity contribution in [1.82, 2.24) is 10.3 Å². The number of aromatic nitrogens is 1. The summed E-state index contributed by atoms with van der Waals surface area (Å²) in [6.07, 6.45) is 1.98. The van der Waals surface area contributed by atoms with E-state index in [0.29, 0.717) is 0 Å². The van der Waals surface area contributed by atoms with Crippen LogP contribution >= 0.6 is 0 Å². The lowest BCUT2D eigenvalue weighted by Crippen LogP contribution is -2.00. The molecule has 0 spiro atoms. The highest BCUT2D eigenvalue weighted by Crippen LogP contribution is 2.23. The van der Waals surface area contributed by atoms with Gasteiger partial charge in [-0.05, 0) is 17.2 Å². The predicted octanol–water partition coefficient (Wildman–Crippen LogP) is 1.84. The smallest absolute Gasteiger partial charge is 0.0705 e. The van der Waals surface area contributed by atoms with Crippen molar-refractivity contribution < 1.29 is 0 Å². The van der Waals surface area contributed by atoms with E-state index < -0.39 is 0 Å². The maximum Gasteiger partial charge on any atom is 0.0705 e. The van der Waals surface area contributed by atoms with Gasteiger partial charge < -0.3 is 5.32 Å². The van der Waals surface area contributed by atoms with Crippen LogP contribution in [0.25, 0.3) is 10.9 Å². The highest BCUT2D eigenvalue weighted by molar-refractivity contribution is 5.83. The van der Waals surface area contributed by atoms with Crippen molar-refractivity contribution in [3.05, 3.63) is 41.6 Å². The number of hydrogen-bond acceptors (Lipinski definition) is 2. The van der Waals surface area contributed by atoms with E-state index in [0.717, 1.165) is 18.6 Å². The highest BCUT2D eigenvalue weighted by Gasteiger charge is 2.12. The molecule has 0 amide bonds. The van der Waals surface area contributed by atoms with E-state index in [-0.39, 0.29) is 0 Å². The zero-order chi connectivity index (χ0) is 8.67. The summed E-state index contributed by atoms with van der Waals surface area (Å²) in [6, 6.07) is 8.31. The van der Waals surface area contributed by atoms with Gasteiger partial charge in [-0.3, -0.25) is 4.98 Å². The first-order chi connectivity index (χ1) is 6.45. The lowest BCUT2D eigenvalue weighted by Gasteiger charge is -2.02. The molecule has 0 saturated heterocycles. The molecule has 0 radical (unpaired) electrons. The van der Waals surface area contributed by atoms with Crippen LogP contribution < -0.4 is 5.32 Å². The van der Waals surface area contributed by atoms with Gasteiger partial charge in [0.15, 0.2) is 0 Å². The Balaban J connectivity index is 2.43. The molecule has 1 aliphatic heterocycles. The number of pyridine rings is 1. The molecule has 0 saturated carbocycles. The van der Waals surface area contributed by atoms with Crippen LogP contribution in [0.5, 0.6) is 0 Å². The third-order valence-corrected chi connectivity index (χ3v) is 2.59. The fraction of sp³-hybridized carbons (Fsp3) is 0.182. The standard InChI is InChI=1S/C11H10N2/c1-2-4-11-9(3-1)10-7-12-5-8(10)6-13-11/h1-4,6,12H,5,7H2. The van der Waals surface area contributed by atoms with Gasteiger partial charge in [-0.1, -0.05) is 18.2 Å². The summed E-state index contributed by atoms with van der Waals surface area (Å²) in [7, 11) is 0. The SMILES string of the molecule is c1ccc2c3c(cnc2c1)CNC3. The first-order valence-corrected chi connectivity index (χ1v) is 4.51. The van der Waals surface area contributed by atoms with Crippen LogP contribution in [0.4, 0.5) is 0 Å². The average Bonchev–Trinajstić information content (AvgIpc) is 2.65. The van der Waals surface area contributed by atoms with E-state index in [2.05, 4.69) is 28.5 Å². The molecule has 0 bridgehead atoms. The maximum atomic E-state index is 4.41. The molecule has 1 aliphatic rings. The minimum absolute atomic E-state index is 0.965. The minimum Gasteiger partial charge on any atom is -0.309 e. The minimum atomic E-state index is 0.965. The van der Waals surface area contributed by atoms with E-state index in [4.69, 9.17) is 0 Å². The van der Waals surface area contributed by atoms with Gasteiger partial charge in [0.2, 0.25) is 0 Å². The third kappa shape index (κ3) is 0.956. The van der Waals surface area contributed by atoms with Crippen LogP contribution in [0.3, 0.4) is 0 Å². The van der Waals surface area contributed by atoms with Crippen molar-refractivity contribution in [1.29, 1.82) is 0 Å². The molecule has 1 aromatic carbocycles. The molecule has 2 heterocycles. The van der Waals surface area contributed by atoms with E-state index in [9.17, 15) is 0 Å². The van der Waals surface area contributed by atoms with Crippen LogP contribution in [0.15, 0.2) is 30.5 Å². The number of rotatable bonds is 0. The maximum absolute atomic E-state index is 4.41. The Hall–Kier alpha value is -1.41. The highest BCUT2D eigenvalue weighted by atomic mass is 14.9. The first kappa shape index (κ1) is 7.04. The molecule has 0 fully saturated rings. The van der Waals surface area contributed by atoms with E-state index in [1.54, 1.807) is 0 Å².